The van der Waals surface area contributed by atoms with Crippen LogP contribution in [0, 0.1) is 33.5 Å². The maximum absolute atomic E-state index is 14.6. The highest BCUT2D eigenvalue weighted by molar-refractivity contribution is 6.10. The van der Waals surface area contributed by atoms with E-state index in [0.717, 1.165) is 37.8 Å². The number of hydrogen-bond acceptors (Lipinski definition) is 5. The highest BCUT2D eigenvalue weighted by Gasteiger charge is 2.76. The average molecular weight is 614 g/mol. The SMILES string of the molecule is COCCCN1C[C@@]2(CC[C@H]3[C@]45C=C[C@@]6(C=C4C(=O)c4cccc(C(F)(F)F)c4)C[C@@H](O)CC[C@]6(C)[C@H]5CC[C@@]32C)OC1=O. The van der Waals surface area contributed by atoms with Crippen molar-refractivity contribution in [2.24, 2.45) is 33.5 Å². The summed E-state index contributed by atoms with van der Waals surface area (Å²) in [6.07, 6.45) is 6.82. The molecule has 0 unspecified atom stereocenters. The van der Waals surface area contributed by atoms with Gasteiger partial charge in [-0.15, -0.1) is 0 Å². The zero-order valence-electron chi connectivity index (χ0n) is 25.7. The number of fused-ring (bicyclic) bond motifs is 2. The smallest absolute Gasteiger partial charge is 0.416 e. The highest BCUT2D eigenvalue weighted by Crippen LogP contribution is 2.79. The fourth-order valence-electron chi connectivity index (χ4n) is 10.9. The zero-order chi connectivity index (χ0) is 31.3. The molecule has 1 aliphatic heterocycles. The Morgan fingerprint density at radius 2 is 1.82 bits per heavy atom. The van der Waals surface area contributed by atoms with Gasteiger partial charge >= 0.3 is 12.3 Å². The molecule has 8 rings (SSSR count). The number of allylic oxidation sites excluding steroid dienone is 4. The third-order valence-electron chi connectivity index (χ3n) is 13.1. The maximum Gasteiger partial charge on any atom is 0.416 e. The van der Waals surface area contributed by atoms with Gasteiger partial charge in [-0.25, -0.2) is 4.79 Å². The summed E-state index contributed by atoms with van der Waals surface area (Å²) in [6.45, 7) is 6.09. The van der Waals surface area contributed by atoms with E-state index in [4.69, 9.17) is 9.47 Å². The predicted molar refractivity (Wildman–Crippen MR) is 157 cm³/mol. The lowest BCUT2D eigenvalue weighted by atomic mass is 9.32. The number of rotatable bonds is 6. The van der Waals surface area contributed by atoms with Gasteiger partial charge in [0.05, 0.1) is 18.2 Å². The molecule has 0 aromatic heterocycles. The molecule has 1 heterocycles. The number of carbonyl (C=O) groups excluding carboxylic acids is 2. The van der Waals surface area contributed by atoms with Crippen molar-refractivity contribution < 1.29 is 37.3 Å². The third kappa shape index (κ3) is 3.80. The summed E-state index contributed by atoms with van der Waals surface area (Å²) in [5.74, 6) is -0.341. The predicted octanol–water partition coefficient (Wildman–Crippen LogP) is 6.98. The van der Waals surface area contributed by atoms with E-state index in [2.05, 4.69) is 26.0 Å². The van der Waals surface area contributed by atoms with Crippen molar-refractivity contribution in [1.82, 2.24) is 4.90 Å². The molecule has 44 heavy (non-hydrogen) atoms. The monoisotopic (exact) mass is 613 g/mol. The lowest BCUT2D eigenvalue weighted by Gasteiger charge is -2.71. The number of aliphatic hydroxyl groups excluding tert-OH is 1. The lowest BCUT2D eigenvalue weighted by Crippen LogP contribution is -2.67. The number of methoxy groups -OCH3 is 1. The van der Waals surface area contributed by atoms with Gasteiger partial charge in [-0.3, -0.25) is 4.79 Å². The highest BCUT2D eigenvalue weighted by atomic mass is 19.4. The summed E-state index contributed by atoms with van der Waals surface area (Å²) in [7, 11) is 1.64. The first-order chi connectivity index (χ1) is 20.8. The number of halogens is 3. The Morgan fingerprint density at radius 1 is 1.09 bits per heavy atom. The Balaban J connectivity index is 1.34. The molecule has 1 aromatic carbocycles. The molecule has 0 radical (unpaired) electrons. The van der Waals surface area contributed by atoms with Gasteiger partial charge in [-0.05, 0) is 80.8 Å². The Kier molecular flexibility index (Phi) is 6.60. The molecule has 1 aromatic rings. The first kappa shape index (κ1) is 30.0. The largest absolute Gasteiger partial charge is 0.440 e. The van der Waals surface area contributed by atoms with Crippen molar-refractivity contribution in [2.75, 3.05) is 26.8 Å². The zero-order valence-corrected chi connectivity index (χ0v) is 25.7. The number of Topliss-reactive ketones (excluding diaryl/α,β-unsaturated/α-hetero) is 1. The molecule has 1 saturated heterocycles. The van der Waals surface area contributed by atoms with Gasteiger partial charge in [0.15, 0.2) is 5.78 Å². The number of nitrogens with zero attached hydrogens (tertiary/aromatic N) is 1. The van der Waals surface area contributed by atoms with Gasteiger partial charge in [-0.2, -0.15) is 13.2 Å². The van der Waals surface area contributed by atoms with Crippen LogP contribution in [0.2, 0.25) is 0 Å². The van der Waals surface area contributed by atoms with Gasteiger partial charge in [-0.1, -0.05) is 44.2 Å². The molecule has 1 N–H and O–H groups in total. The van der Waals surface area contributed by atoms with Gasteiger partial charge in [0.25, 0.3) is 0 Å². The van der Waals surface area contributed by atoms with E-state index in [1.54, 1.807) is 12.0 Å². The Morgan fingerprint density at radius 3 is 2.57 bits per heavy atom. The van der Waals surface area contributed by atoms with Gasteiger partial charge in [0, 0.05) is 47.6 Å². The number of ether oxygens (including phenoxy) is 2. The van der Waals surface area contributed by atoms with E-state index in [-0.39, 0.29) is 34.7 Å². The summed E-state index contributed by atoms with van der Waals surface area (Å²) < 4.78 is 52.8. The number of hydrogen-bond donors (Lipinski definition) is 1. The van der Waals surface area contributed by atoms with E-state index < -0.39 is 39.7 Å². The van der Waals surface area contributed by atoms with Crippen LogP contribution in [0.1, 0.15) is 81.1 Å². The molecule has 8 atom stereocenters. The molecule has 4 fully saturated rings. The number of alkyl halides is 3. The fraction of sp³-hybridized carbons (Fsp3) is 0.657. The molecule has 2 bridgehead atoms. The van der Waals surface area contributed by atoms with Crippen LogP contribution in [-0.2, 0) is 15.7 Å². The maximum atomic E-state index is 14.6. The molecule has 6 nitrogen and oxygen atoms in total. The van der Waals surface area contributed by atoms with Crippen LogP contribution in [0.3, 0.4) is 0 Å². The van der Waals surface area contributed by atoms with Crippen LogP contribution in [0.25, 0.3) is 0 Å². The van der Waals surface area contributed by atoms with Crippen molar-refractivity contribution in [3.05, 3.63) is 59.2 Å². The first-order valence-electron chi connectivity index (χ1n) is 16.1. The summed E-state index contributed by atoms with van der Waals surface area (Å²) in [6, 6.07) is 4.76. The van der Waals surface area contributed by atoms with Crippen LogP contribution < -0.4 is 0 Å². The van der Waals surface area contributed by atoms with Crippen molar-refractivity contribution >= 4 is 11.9 Å². The first-order valence-corrected chi connectivity index (χ1v) is 16.1. The van der Waals surface area contributed by atoms with Crippen molar-refractivity contribution in [1.29, 1.82) is 0 Å². The Labute approximate surface area is 256 Å². The molecular formula is C35H42F3NO5. The molecule has 238 valence electrons. The average Bonchev–Trinajstić information content (AvgIpc) is 3.47. The quantitative estimate of drug-likeness (QED) is 0.213. The van der Waals surface area contributed by atoms with Gasteiger partial charge < -0.3 is 19.5 Å². The van der Waals surface area contributed by atoms with Crippen molar-refractivity contribution in [3.8, 4) is 0 Å². The molecule has 3 spiro atoms. The number of carbonyl (C=O) groups is 2. The minimum absolute atomic E-state index is 0.0335. The Bertz CT molecular complexity index is 1460. The minimum atomic E-state index is -4.57. The molecular weight excluding hydrogens is 571 g/mol. The van der Waals surface area contributed by atoms with Crippen LogP contribution in [0.15, 0.2) is 48.1 Å². The lowest BCUT2D eigenvalue weighted by molar-refractivity contribution is -0.164. The van der Waals surface area contributed by atoms with E-state index in [1.807, 2.05) is 6.08 Å². The topological polar surface area (TPSA) is 76.1 Å². The van der Waals surface area contributed by atoms with Gasteiger partial charge in [0.2, 0.25) is 0 Å². The second-order valence-corrected chi connectivity index (χ2v) is 14.8. The fourth-order valence-corrected chi connectivity index (χ4v) is 10.9. The second kappa shape index (κ2) is 9.68. The molecule has 9 heteroatoms. The summed E-state index contributed by atoms with van der Waals surface area (Å²) in [5.41, 5.74) is -2.86. The molecule has 7 aliphatic rings. The number of amides is 1. The number of benzene rings is 1. The molecule has 6 aliphatic carbocycles. The van der Waals surface area contributed by atoms with Crippen LogP contribution in [0.5, 0.6) is 0 Å². The van der Waals surface area contributed by atoms with Gasteiger partial charge in [0.1, 0.15) is 5.60 Å². The standard InChI is InChI=1S/C35H42F3NO5/c1-30-11-8-24(40)19-32(30)14-15-34(25(20-32)28(41)22-6-4-7-23(18-22)35(36,37)38)26(30)9-12-31(2)27(34)10-13-33(31)21-39(29(42)44-33)16-5-17-43-3/h4,6-7,14-15,18,20,24,26-27,40H,5,8-13,16-17,19,21H2,1-3H3/t24-,26+,27+,30+,31-,32-,33+,34+/m0/s1. The second-order valence-electron chi connectivity index (χ2n) is 14.8. The van der Waals surface area contributed by atoms with Crippen LogP contribution >= 0.6 is 0 Å². The summed E-state index contributed by atoms with van der Waals surface area (Å²) in [4.78, 5) is 29.6. The Hall–Kier alpha value is -2.65. The van der Waals surface area contributed by atoms with E-state index >= 15 is 0 Å². The van der Waals surface area contributed by atoms with Crippen molar-refractivity contribution in [3.63, 3.8) is 0 Å². The third-order valence-corrected chi connectivity index (χ3v) is 13.1. The summed E-state index contributed by atoms with van der Waals surface area (Å²) in [5, 5.41) is 10.9. The summed E-state index contributed by atoms with van der Waals surface area (Å²) >= 11 is 0. The van der Waals surface area contributed by atoms with Crippen LogP contribution in [0.4, 0.5) is 18.0 Å². The van der Waals surface area contributed by atoms with E-state index in [9.17, 15) is 27.9 Å². The number of aliphatic hydroxyl groups is 1. The molecule has 3 saturated carbocycles. The molecule has 1 amide bonds. The van der Waals surface area contributed by atoms with E-state index in [0.29, 0.717) is 51.0 Å². The van der Waals surface area contributed by atoms with Crippen molar-refractivity contribution in [2.45, 2.75) is 83.1 Å². The normalized spacial score (nSPS) is 42.2. The van der Waals surface area contributed by atoms with E-state index in [1.165, 1.54) is 12.1 Å². The van der Waals surface area contributed by atoms with Crippen LogP contribution in [-0.4, -0.2) is 60.4 Å². The minimum Gasteiger partial charge on any atom is -0.440 e. The number of ketones is 1.